The molecule has 8 nitrogen and oxygen atoms in total. The number of hydrogen-bond acceptors (Lipinski definition) is 5. The molecule has 2 amide bonds. The van der Waals surface area contributed by atoms with Gasteiger partial charge in [0.05, 0.1) is 19.1 Å². The van der Waals surface area contributed by atoms with Gasteiger partial charge in [-0.15, -0.1) is 0 Å². The fourth-order valence-corrected chi connectivity index (χ4v) is 4.91. The number of anilines is 1. The highest BCUT2D eigenvalue weighted by Gasteiger charge is 2.26. The number of nitrogens with zero attached hydrogens (tertiary/aromatic N) is 2. The summed E-state index contributed by atoms with van der Waals surface area (Å²) in [6, 6.07) is 13.7. The zero-order valence-electron chi connectivity index (χ0n) is 20.0. The first-order valence-corrected chi connectivity index (χ1v) is 13.6. The smallest absolute Gasteiger partial charge is 0.242 e. The van der Waals surface area contributed by atoms with Crippen molar-refractivity contribution in [3.05, 3.63) is 58.6 Å². The molecule has 2 aromatic carbocycles. The highest BCUT2D eigenvalue weighted by molar-refractivity contribution is 9.10. The number of hydrogen-bond donors (Lipinski definition) is 1. The van der Waals surface area contributed by atoms with Gasteiger partial charge >= 0.3 is 0 Å². The van der Waals surface area contributed by atoms with Crippen LogP contribution in [0.25, 0.3) is 0 Å². The molecule has 10 heteroatoms. The normalized spacial score (nSPS) is 12.0. The lowest BCUT2D eigenvalue weighted by Crippen LogP contribution is -2.47. The van der Waals surface area contributed by atoms with Crippen molar-refractivity contribution < 1.29 is 22.7 Å². The van der Waals surface area contributed by atoms with Gasteiger partial charge in [0.25, 0.3) is 0 Å². The maximum atomic E-state index is 13.2. The van der Waals surface area contributed by atoms with Crippen LogP contribution in [0.2, 0.25) is 0 Å². The summed E-state index contributed by atoms with van der Waals surface area (Å²) in [5, 5.41) is 2.76. The van der Waals surface area contributed by atoms with Gasteiger partial charge in [-0.3, -0.25) is 13.9 Å². The first kappa shape index (κ1) is 27.7. The fraction of sp³-hybridized carbons (Fsp3) is 0.417. The van der Waals surface area contributed by atoms with Gasteiger partial charge in [-0.25, -0.2) is 8.42 Å². The number of carbonyl (C=O) groups is 2. The molecule has 1 N–H and O–H groups in total. The summed E-state index contributed by atoms with van der Waals surface area (Å²) in [6.07, 6.45) is 1.51. The molecule has 0 radical (unpaired) electrons. The lowest BCUT2D eigenvalue weighted by molar-refractivity contribution is -0.140. The average Bonchev–Trinajstić information content (AvgIpc) is 2.79. The second kappa shape index (κ2) is 12.8. The summed E-state index contributed by atoms with van der Waals surface area (Å²) in [5.74, 6) is 0.0796. The van der Waals surface area contributed by atoms with Crippen LogP contribution >= 0.6 is 15.9 Å². The van der Waals surface area contributed by atoms with E-state index in [1.165, 1.54) is 16.3 Å². The number of sulfonamides is 1. The molecule has 0 saturated heterocycles. The highest BCUT2D eigenvalue weighted by atomic mass is 79.9. The molecule has 0 spiro atoms. The molecular formula is C24H32BrN3O5S. The summed E-state index contributed by atoms with van der Waals surface area (Å²) in [6.45, 7) is 4.37. The van der Waals surface area contributed by atoms with Crippen molar-refractivity contribution in [2.24, 2.45) is 0 Å². The number of likely N-dealkylation sites (N-methyl/N-ethyl adjacent to an activating group) is 1. The second-order valence-corrected chi connectivity index (χ2v) is 10.7. The maximum Gasteiger partial charge on any atom is 0.242 e. The minimum absolute atomic E-state index is 0.0910. The molecule has 0 unspecified atom stereocenters. The van der Waals surface area contributed by atoms with E-state index in [-0.39, 0.29) is 31.3 Å². The monoisotopic (exact) mass is 553 g/mol. The van der Waals surface area contributed by atoms with Gasteiger partial charge in [0.1, 0.15) is 11.8 Å². The summed E-state index contributed by atoms with van der Waals surface area (Å²) < 4.78 is 32.2. The van der Waals surface area contributed by atoms with E-state index in [0.29, 0.717) is 24.4 Å². The standard InChI is InChI=1S/C24H32BrN3O5S/c1-5-26-24(30)18(2)27(17-19-9-6-10-20(25)15-19)23(29)13-8-14-28(34(4,31)32)21-11-7-12-22(16-21)33-3/h6-7,9-12,15-16,18H,5,8,13-14,17H2,1-4H3,(H,26,30)/t18-/m1/s1. The van der Waals surface area contributed by atoms with Crippen LogP contribution in [0.3, 0.4) is 0 Å². The summed E-state index contributed by atoms with van der Waals surface area (Å²) in [7, 11) is -2.06. The van der Waals surface area contributed by atoms with Crippen LogP contribution in [-0.4, -0.2) is 57.6 Å². The summed E-state index contributed by atoms with van der Waals surface area (Å²) >= 11 is 3.43. The molecule has 2 aromatic rings. The van der Waals surface area contributed by atoms with Gasteiger partial charge in [-0.1, -0.05) is 34.1 Å². The molecule has 0 saturated carbocycles. The molecular weight excluding hydrogens is 522 g/mol. The van der Waals surface area contributed by atoms with Crippen LogP contribution in [-0.2, 0) is 26.2 Å². The lowest BCUT2D eigenvalue weighted by atomic mass is 10.1. The van der Waals surface area contributed by atoms with Crippen molar-refractivity contribution in [3.8, 4) is 5.75 Å². The van der Waals surface area contributed by atoms with Crippen LogP contribution in [0.15, 0.2) is 53.0 Å². The van der Waals surface area contributed by atoms with Crippen molar-refractivity contribution in [1.82, 2.24) is 10.2 Å². The predicted molar refractivity (Wildman–Crippen MR) is 137 cm³/mol. The minimum Gasteiger partial charge on any atom is -0.497 e. The Kier molecular flexibility index (Phi) is 10.4. The largest absolute Gasteiger partial charge is 0.497 e. The van der Waals surface area contributed by atoms with E-state index in [0.717, 1.165) is 16.3 Å². The number of methoxy groups -OCH3 is 1. The fourth-order valence-electron chi connectivity index (χ4n) is 3.51. The number of halogens is 1. The number of benzene rings is 2. The Morgan fingerprint density at radius 2 is 1.85 bits per heavy atom. The summed E-state index contributed by atoms with van der Waals surface area (Å²) in [4.78, 5) is 27.2. The number of carbonyl (C=O) groups excluding carboxylic acids is 2. The van der Waals surface area contributed by atoms with Crippen molar-refractivity contribution in [3.63, 3.8) is 0 Å². The Morgan fingerprint density at radius 3 is 2.47 bits per heavy atom. The summed E-state index contributed by atoms with van der Waals surface area (Å²) in [5.41, 5.74) is 1.35. The first-order chi connectivity index (χ1) is 16.1. The third-order valence-electron chi connectivity index (χ3n) is 5.25. The van der Waals surface area contributed by atoms with E-state index >= 15 is 0 Å². The van der Waals surface area contributed by atoms with Gasteiger partial charge < -0.3 is 15.0 Å². The maximum absolute atomic E-state index is 13.2. The van der Waals surface area contributed by atoms with Crippen LogP contribution in [0, 0.1) is 0 Å². The Hall–Kier alpha value is -2.59. The molecule has 34 heavy (non-hydrogen) atoms. The van der Waals surface area contributed by atoms with Crippen LogP contribution < -0.4 is 14.4 Å². The highest BCUT2D eigenvalue weighted by Crippen LogP contribution is 2.24. The molecule has 2 rings (SSSR count). The molecule has 0 aromatic heterocycles. The van der Waals surface area contributed by atoms with E-state index < -0.39 is 16.1 Å². The van der Waals surface area contributed by atoms with E-state index in [1.807, 2.05) is 31.2 Å². The Labute approximate surface area is 210 Å². The second-order valence-electron chi connectivity index (χ2n) is 7.86. The van der Waals surface area contributed by atoms with Crippen LogP contribution in [0.1, 0.15) is 32.3 Å². The molecule has 1 atom stereocenters. The molecule has 0 bridgehead atoms. The first-order valence-electron chi connectivity index (χ1n) is 11.0. The van der Waals surface area contributed by atoms with Crippen molar-refractivity contribution in [2.45, 2.75) is 39.3 Å². The molecule has 0 heterocycles. The van der Waals surface area contributed by atoms with Crippen molar-refractivity contribution in [2.75, 3.05) is 30.8 Å². The SMILES string of the molecule is CCNC(=O)[C@@H](C)N(Cc1cccc(Br)c1)C(=O)CCCN(c1cccc(OC)c1)S(C)(=O)=O. The van der Waals surface area contributed by atoms with E-state index in [2.05, 4.69) is 21.2 Å². The Balaban J connectivity index is 2.16. The quantitative estimate of drug-likeness (QED) is 0.433. The zero-order valence-corrected chi connectivity index (χ0v) is 22.4. The molecule has 0 aliphatic carbocycles. The third kappa shape index (κ3) is 8.02. The van der Waals surface area contributed by atoms with Gasteiger partial charge in [0, 0.05) is 36.6 Å². The Morgan fingerprint density at radius 1 is 1.15 bits per heavy atom. The van der Waals surface area contributed by atoms with E-state index in [4.69, 9.17) is 4.74 Å². The topological polar surface area (TPSA) is 96.0 Å². The van der Waals surface area contributed by atoms with E-state index in [1.54, 1.807) is 31.2 Å². The predicted octanol–water partition coefficient (Wildman–Crippen LogP) is 3.56. The number of rotatable bonds is 12. The average molecular weight is 555 g/mol. The lowest BCUT2D eigenvalue weighted by Gasteiger charge is -2.29. The Bertz CT molecular complexity index is 1090. The number of nitrogens with one attached hydrogen (secondary N) is 1. The van der Waals surface area contributed by atoms with Crippen LogP contribution in [0.4, 0.5) is 5.69 Å². The molecule has 0 aliphatic heterocycles. The number of amides is 2. The van der Waals surface area contributed by atoms with Crippen molar-refractivity contribution >= 4 is 43.5 Å². The number of ether oxygens (including phenoxy) is 1. The zero-order chi connectivity index (χ0) is 25.3. The van der Waals surface area contributed by atoms with Gasteiger partial charge in [0.15, 0.2) is 0 Å². The molecule has 186 valence electrons. The molecule has 0 aliphatic rings. The van der Waals surface area contributed by atoms with Gasteiger partial charge in [0.2, 0.25) is 21.8 Å². The third-order valence-corrected chi connectivity index (χ3v) is 6.94. The van der Waals surface area contributed by atoms with Crippen LogP contribution in [0.5, 0.6) is 5.75 Å². The molecule has 0 fully saturated rings. The van der Waals surface area contributed by atoms with Crippen molar-refractivity contribution in [1.29, 1.82) is 0 Å². The van der Waals surface area contributed by atoms with E-state index in [9.17, 15) is 18.0 Å². The van der Waals surface area contributed by atoms with Gasteiger partial charge in [-0.2, -0.15) is 0 Å². The van der Waals surface area contributed by atoms with Gasteiger partial charge in [-0.05, 0) is 50.1 Å². The minimum atomic E-state index is -3.57.